The van der Waals surface area contributed by atoms with Crippen LogP contribution in [0.3, 0.4) is 0 Å². The van der Waals surface area contributed by atoms with Gasteiger partial charge in [-0.2, -0.15) is 0 Å². The van der Waals surface area contributed by atoms with Crippen LogP contribution in [0.5, 0.6) is 0 Å². The third-order valence-electron chi connectivity index (χ3n) is 3.99. The van der Waals surface area contributed by atoms with Gasteiger partial charge in [-0.05, 0) is 25.7 Å². The van der Waals surface area contributed by atoms with Gasteiger partial charge in [0.05, 0.1) is 5.60 Å². The van der Waals surface area contributed by atoms with Crippen LogP contribution in [-0.2, 0) is 0 Å². The summed E-state index contributed by atoms with van der Waals surface area (Å²) in [5, 5.41) is 10.2. The molecule has 0 spiro atoms. The predicted octanol–water partition coefficient (Wildman–Crippen LogP) is 5.07. The van der Waals surface area contributed by atoms with Gasteiger partial charge in [-0.25, -0.2) is 0 Å². The summed E-state index contributed by atoms with van der Waals surface area (Å²) in [6.07, 6.45) is 15.6. The molecule has 0 aromatic rings. The van der Waals surface area contributed by atoms with Gasteiger partial charge in [-0.15, -0.1) is 0 Å². The van der Waals surface area contributed by atoms with E-state index in [2.05, 4.69) is 6.92 Å². The Morgan fingerprint density at radius 1 is 0.941 bits per heavy atom. The maximum atomic E-state index is 10.2. The molecule has 1 heteroatoms. The highest BCUT2D eigenvalue weighted by molar-refractivity contribution is 4.83. The van der Waals surface area contributed by atoms with Crippen molar-refractivity contribution in [3.8, 4) is 0 Å². The van der Waals surface area contributed by atoms with Crippen LogP contribution < -0.4 is 0 Å². The summed E-state index contributed by atoms with van der Waals surface area (Å²) in [5.74, 6) is 0.846. The molecule has 102 valence electrons. The molecule has 0 heterocycles. The fraction of sp³-hybridized carbons (Fsp3) is 1.00. The molecule has 1 rings (SSSR count). The standard InChI is InChI=1S/C16H32O/c1-3-4-5-6-7-8-9-10-13-16(2,17)14-15-11-12-15/h15,17H,3-14H2,1-2H3. The Morgan fingerprint density at radius 2 is 1.47 bits per heavy atom. The van der Waals surface area contributed by atoms with Gasteiger partial charge >= 0.3 is 0 Å². The van der Waals surface area contributed by atoms with Crippen molar-refractivity contribution < 1.29 is 5.11 Å². The van der Waals surface area contributed by atoms with Crippen LogP contribution in [0.2, 0.25) is 0 Å². The van der Waals surface area contributed by atoms with E-state index in [4.69, 9.17) is 0 Å². The molecule has 1 saturated carbocycles. The van der Waals surface area contributed by atoms with Gasteiger partial charge in [0.15, 0.2) is 0 Å². The molecule has 1 atom stereocenters. The summed E-state index contributed by atoms with van der Waals surface area (Å²) in [6, 6.07) is 0. The lowest BCUT2D eigenvalue weighted by atomic mass is 9.92. The lowest BCUT2D eigenvalue weighted by Crippen LogP contribution is -2.24. The zero-order valence-electron chi connectivity index (χ0n) is 12.0. The molecule has 0 aliphatic heterocycles. The molecular weight excluding hydrogens is 208 g/mol. The second kappa shape index (κ2) is 8.13. The Hall–Kier alpha value is -0.0400. The van der Waals surface area contributed by atoms with E-state index < -0.39 is 0 Å². The Balaban J connectivity index is 1.85. The van der Waals surface area contributed by atoms with Crippen LogP contribution >= 0.6 is 0 Å². The largest absolute Gasteiger partial charge is 0.390 e. The fourth-order valence-corrected chi connectivity index (χ4v) is 2.69. The first-order valence-corrected chi connectivity index (χ1v) is 7.86. The summed E-state index contributed by atoms with van der Waals surface area (Å²) < 4.78 is 0. The van der Waals surface area contributed by atoms with E-state index in [0.717, 1.165) is 18.8 Å². The van der Waals surface area contributed by atoms with Gasteiger partial charge in [0.25, 0.3) is 0 Å². The van der Waals surface area contributed by atoms with E-state index in [1.165, 1.54) is 64.2 Å². The Kier molecular flexibility index (Phi) is 7.18. The van der Waals surface area contributed by atoms with Crippen molar-refractivity contribution in [1.82, 2.24) is 0 Å². The summed E-state index contributed by atoms with van der Waals surface area (Å²) >= 11 is 0. The summed E-state index contributed by atoms with van der Waals surface area (Å²) in [7, 11) is 0. The van der Waals surface area contributed by atoms with E-state index >= 15 is 0 Å². The molecule has 1 fully saturated rings. The van der Waals surface area contributed by atoms with Gasteiger partial charge in [-0.3, -0.25) is 0 Å². The molecular formula is C16H32O. The first-order valence-electron chi connectivity index (χ1n) is 7.86. The Morgan fingerprint density at radius 3 is 2.00 bits per heavy atom. The van der Waals surface area contributed by atoms with E-state index in [0.29, 0.717) is 0 Å². The number of hydrogen-bond donors (Lipinski definition) is 1. The van der Waals surface area contributed by atoms with Crippen LogP contribution in [0.15, 0.2) is 0 Å². The van der Waals surface area contributed by atoms with E-state index in [1.54, 1.807) is 0 Å². The molecule has 1 unspecified atom stereocenters. The first-order chi connectivity index (χ1) is 8.14. The molecule has 0 saturated heterocycles. The second-order valence-electron chi connectivity index (χ2n) is 6.37. The summed E-state index contributed by atoms with van der Waals surface area (Å²) in [6.45, 7) is 4.30. The van der Waals surface area contributed by atoms with Crippen molar-refractivity contribution >= 4 is 0 Å². The molecule has 0 radical (unpaired) electrons. The predicted molar refractivity (Wildman–Crippen MR) is 75.2 cm³/mol. The Labute approximate surface area is 108 Å². The molecule has 0 aromatic carbocycles. The molecule has 17 heavy (non-hydrogen) atoms. The molecule has 1 aliphatic rings. The van der Waals surface area contributed by atoms with Crippen LogP contribution in [0.1, 0.15) is 90.9 Å². The maximum Gasteiger partial charge on any atom is 0.0622 e. The van der Waals surface area contributed by atoms with Crippen molar-refractivity contribution in [3.05, 3.63) is 0 Å². The maximum absolute atomic E-state index is 10.2. The smallest absolute Gasteiger partial charge is 0.0622 e. The van der Waals surface area contributed by atoms with Crippen LogP contribution in [0.25, 0.3) is 0 Å². The van der Waals surface area contributed by atoms with Gasteiger partial charge < -0.3 is 5.11 Å². The van der Waals surface area contributed by atoms with Crippen molar-refractivity contribution in [2.45, 2.75) is 96.5 Å². The highest BCUT2D eigenvalue weighted by Crippen LogP contribution is 2.38. The van der Waals surface area contributed by atoms with Gasteiger partial charge in [0.2, 0.25) is 0 Å². The third-order valence-corrected chi connectivity index (χ3v) is 3.99. The van der Waals surface area contributed by atoms with Crippen molar-refractivity contribution in [3.63, 3.8) is 0 Å². The second-order valence-corrected chi connectivity index (χ2v) is 6.37. The number of aliphatic hydroxyl groups is 1. The number of unbranched alkanes of at least 4 members (excludes halogenated alkanes) is 7. The molecule has 0 bridgehead atoms. The van der Waals surface area contributed by atoms with Gasteiger partial charge in [0, 0.05) is 0 Å². The molecule has 1 nitrogen and oxygen atoms in total. The minimum atomic E-state index is -0.372. The highest BCUT2D eigenvalue weighted by Gasteiger charge is 2.30. The topological polar surface area (TPSA) is 20.2 Å². The minimum absolute atomic E-state index is 0.372. The zero-order chi connectivity index (χ0) is 12.6. The average Bonchev–Trinajstić information content (AvgIpc) is 3.05. The van der Waals surface area contributed by atoms with Gasteiger partial charge in [-0.1, -0.05) is 71.1 Å². The summed E-state index contributed by atoms with van der Waals surface area (Å²) in [4.78, 5) is 0. The third kappa shape index (κ3) is 8.65. The zero-order valence-corrected chi connectivity index (χ0v) is 12.0. The van der Waals surface area contributed by atoms with Gasteiger partial charge in [0.1, 0.15) is 0 Å². The van der Waals surface area contributed by atoms with E-state index in [1.807, 2.05) is 6.92 Å². The average molecular weight is 240 g/mol. The van der Waals surface area contributed by atoms with E-state index in [-0.39, 0.29) is 5.60 Å². The monoisotopic (exact) mass is 240 g/mol. The van der Waals surface area contributed by atoms with Crippen molar-refractivity contribution in [1.29, 1.82) is 0 Å². The highest BCUT2D eigenvalue weighted by atomic mass is 16.3. The number of hydrogen-bond acceptors (Lipinski definition) is 1. The molecule has 0 aromatic heterocycles. The quantitative estimate of drug-likeness (QED) is 0.500. The van der Waals surface area contributed by atoms with Crippen molar-refractivity contribution in [2.24, 2.45) is 5.92 Å². The Bertz CT molecular complexity index is 182. The van der Waals surface area contributed by atoms with Crippen LogP contribution in [0.4, 0.5) is 0 Å². The first kappa shape index (κ1) is 15.0. The molecule has 1 N–H and O–H groups in total. The lowest BCUT2D eigenvalue weighted by molar-refractivity contribution is 0.0337. The molecule has 1 aliphatic carbocycles. The normalized spacial score (nSPS) is 19.2. The fourth-order valence-electron chi connectivity index (χ4n) is 2.69. The van der Waals surface area contributed by atoms with Crippen LogP contribution in [-0.4, -0.2) is 10.7 Å². The van der Waals surface area contributed by atoms with Crippen molar-refractivity contribution in [2.75, 3.05) is 0 Å². The summed E-state index contributed by atoms with van der Waals surface area (Å²) in [5.41, 5.74) is -0.372. The lowest BCUT2D eigenvalue weighted by Gasteiger charge is -2.23. The molecule has 0 amide bonds. The van der Waals surface area contributed by atoms with Crippen LogP contribution in [0, 0.1) is 5.92 Å². The SMILES string of the molecule is CCCCCCCCCCC(C)(O)CC1CC1. The number of rotatable bonds is 11. The minimum Gasteiger partial charge on any atom is -0.390 e. The van der Waals surface area contributed by atoms with E-state index in [9.17, 15) is 5.11 Å².